The molecule has 2 aromatic rings. The van der Waals surface area contributed by atoms with E-state index in [9.17, 15) is 4.21 Å². The van der Waals surface area contributed by atoms with Crippen LogP contribution in [0.2, 0.25) is 0 Å². The molecule has 1 fully saturated rings. The molecule has 0 amide bonds. The van der Waals surface area contributed by atoms with Gasteiger partial charge in [0.05, 0.1) is 0 Å². The summed E-state index contributed by atoms with van der Waals surface area (Å²) in [7, 11) is -0.912. The molecule has 1 saturated heterocycles. The molecule has 0 spiro atoms. The fourth-order valence-corrected chi connectivity index (χ4v) is 3.60. The van der Waals surface area contributed by atoms with Crippen LogP contribution in [0.3, 0.4) is 0 Å². The average Bonchev–Trinajstić information content (AvgIpc) is 2.61. The predicted octanol–water partition coefficient (Wildman–Crippen LogP) is 4.27. The first-order valence-electron chi connectivity index (χ1n) is 8.63. The highest BCUT2D eigenvalue weighted by Gasteiger charge is 2.16. The largest absolute Gasteiger partial charge is 0.381 e. The zero-order chi connectivity index (χ0) is 16.9. The number of hydrogen-bond donors (Lipinski definition) is 1. The van der Waals surface area contributed by atoms with Crippen molar-refractivity contribution >= 4 is 22.2 Å². The zero-order valence-corrected chi connectivity index (χ0v) is 15.3. The summed E-state index contributed by atoms with van der Waals surface area (Å²) in [5.41, 5.74) is 3.65. The van der Waals surface area contributed by atoms with Gasteiger partial charge in [-0.1, -0.05) is 25.1 Å². The van der Waals surface area contributed by atoms with Crippen molar-refractivity contribution in [2.75, 3.05) is 29.6 Å². The molecule has 1 atom stereocenters. The molecule has 0 bridgehead atoms. The Morgan fingerprint density at radius 3 is 2.50 bits per heavy atom. The third-order valence-electron chi connectivity index (χ3n) is 4.75. The molecule has 0 aliphatic carbocycles. The second-order valence-corrected chi connectivity index (χ2v) is 8.05. The molecule has 2 aromatic carbocycles. The van der Waals surface area contributed by atoms with Crippen LogP contribution in [0.1, 0.15) is 25.3 Å². The Hall–Kier alpha value is -1.81. The fraction of sp³-hybridized carbons (Fsp3) is 0.400. The minimum atomic E-state index is -0.912. The Morgan fingerprint density at radius 2 is 1.83 bits per heavy atom. The lowest BCUT2D eigenvalue weighted by Crippen LogP contribution is -2.32. The molecule has 1 aliphatic rings. The lowest BCUT2D eigenvalue weighted by atomic mass is 9.99. The molecule has 24 heavy (non-hydrogen) atoms. The van der Waals surface area contributed by atoms with Gasteiger partial charge in [-0.2, -0.15) is 0 Å². The predicted molar refractivity (Wildman–Crippen MR) is 103 cm³/mol. The summed E-state index contributed by atoms with van der Waals surface area (Å²) in [6, 6.07) is 16.7. The molecule has 3 nitrogen and oxygen atoms in total. The molecule has 0 aromatic heterocycles. The van der Waals surface area contributed by atoms with Crippen LogP contribution in [0.5, 0.6) is 0 Å². The van der Waals surface area contributed by atoms with Gasteiger partial charge in [-0.3, -0.25) is 4.21 Å². The van der Waals surface area contributed by atoms with Crippen molar-refractivity contribution in [1.29, 1.82) is 0 Å². The number of hydrogen-bond acceptors (Lipinski definition) is 3. The van der Waals surface area contributed by atoms with E-state index in [1.54, 1.807) is 6.26 Å². The van der Waals surface area contributed by atoms with Gasteiger partial charge >= 0.3 is 0 Å². The third-order valence-corrected chi connectivity index (χ3v) is 5.68. The molecular weight excluding hydrogens is 316 g/mol. The van der Waals surface area contributed by atoms with Gasteiger partial charge in [-0.25, -0.2) is 0 Å². The number of anilines is 2. The van der Waals surface area contributed by atoms with Crippen LogP contribution in [-0.2, 0) is 17.3 Å². The van der Waals surface area contributed by atoms with E-state index in [1.807, 2.05) is 24.3 Å². The Balaban J connectivity index is 1.61. The van der Waals surface area contributed by atoms with Gasteiger partial charge < -0.3 is 10.2 Å². The lowest BCUT2D eigenvalue weighted by Gasteiger charge is -2.32. The number of rotatable bonds is 5. The van der Waals surface area contributed by atoms with E-state index in [0.717, 1.165) is 36.1 Å². The van der Waals surface area contributed by atoms with E-state index in [-0.39, 0.29) is 0 Å². The summed E-state index contributed by atoms with van der Waals surface area (Å²) in [6.45, 7) is 5.42. The molecule has 0 saturated carbocycles. The zero-order valence-electron chi connectivity index (χ0n) is 14.5. The summed E-state index contributed by atoms with van der Waals surface area (Å²) in [6.07, 6.45) is 4.27. The van der Waals surface area contributed by atoms with Gasteiger partial charge in [0.1, 0.15) is 0 Å². The highest BCUT2D eigenvalue weighted by Crippen LogP contribution is 2.25. The van der Waals surface area contributed by atoms with Crippen molar-refractivity contribution in [1.82, 2.24) is 0 Å². The minimum Gasteiger partial charge on any atom is -0.381 e. The number of nitrogens with zero attached hydrogens (tertiary/aromatic N) is 1. The van der Waals surface area contributed by atoms with Gasteiger partial charge in [-0.15, -0.1) is 0 Å². The molecule has 0 unspecified atom stereocenters. The summed E-state index contributed by atoms with van der Waals surface area (Å²) in [4.78, 5) is 3.36. The number of benzene rings is 2. The van der Waals surface area contributed by atoms with E-state index in [0.29, 0.717) is 0 Å². The van der Waals surface area contributed by atoms with Crippen LogP contribution < -0.4 is 10.2 Å². The number of piperidine rings is 1. The van der Waals surface area contributed by atoms with Crippen LogP contribution in [-0.4, -0.2) is 23.6 Å². The smallest absolute Gasteiger partial charge is 0.0498 e. The first-order valence-corrected chi connectivity index (χ1v) is 10.2. The lowest BCUT2D eigenvalue weighted by molar-refractivity contribution is 0.438. The van der Waals surface area contributed by atoms with E-state index in [2.05, 4.69) is 41.4 Å². The Kier molecular flexibility index (Phi) is 5.56. The average molecular weight is 343 g/mol. The monoisotopic (exact) mass is 342 g/mol. The Bertz CT molecular complexity index is 691. The highest BCUT2D eigenvalue weighted by atomic mass is 32.2. The maximum absolute atomic E-state index is 11.4. The molecule has 1 heterocycles. The molecule has 128 valence electrons. The van der Waals surface area contributed by atoms with Crippen LogP contribution in [0, 0.1) is 5.92 Å². The van der Waals surface area contributed by atoms with Gasteiger partial charge in [0.2, 0.25) is 0 Å². The quantitative estimate of drug-likeness (QED) is 0.880. The van der Waals surface area contributed by atoms with E-state index < -0.39 is 10.8 Å². The number of nitrogens with one attached hydrogen (secondary N) is 1. The van der Waals surface area contributed by atoms with Gasteiger partial charge in [0.15, 0.2) is 0 Å². The second-order valence-electron chi connectivity index (χ2n) is 6.67. The van der Waals surface area contributed by atoms with Crippen molar-refractivity contribution < 1.29 is 4.21 Å². The first-order chi connectivity index (χ1) is 11.6. The molecule has 3 rings (SSSR count). The van der Waals surface area contributed by atoms with E-state index in [1.165, 1.54) is 24.1 Å². The maximum atomic E-state index is 11.4. The molecule has 0 radical (unpaired) electrons. The summed E-state index contributed by atoms with van der Waals surface area (Å²) < 4.78 is 11.4. The molecule has 4 heteroatoms. The van der Waals surface area contributed by atoms with Crippen molar-refractivity contribution in [3.05, 3.63) is 54.1 Å². The third kappa shape index (κ3) is 4.38. The normalized spacial score (nSPS) is 16.8. The first kappa shape index (κ1) is 17.0. The molecular formula is C20H26N2OS. The van der Waals surface area contributed by atoms with Crippen LogP contribution in [0.15, 0.2) is 53.4 Å². The van der Waals surface area contributed by atoms with Crippen molar-refractivity contribution in [2.24, 2.45) is 5.92 Å². The standard InChI is InChI=1S/C20H26N2OS/c1-16-10-12-22(13-11-16)19-5-3-4-18(14-19)21-15-17-6-8-20(9-7-17)24(2)23/h3-9,14,16,21H,10-13,15H2,1-2H3/t24-/m1/s1. The van der Waals surface area contributed by atoms with Crippen LogP contribution >= 0.6 is 0 Å². The van der Waals surface area contributed by atoms with Gasteiger partial charge in [0.25, 0.3) is 0 Å². The Labute approximate surface area is 147 Å². The second kappa shape index (κ2) is 7.84. The summed E-state index contributed by atoms with van der Waals surface area (Å²) in [5, 5.41) is 3.50. The van der Waals surface area contributed by atoms with E-state index in [4.69, 9.17) is 0 Å². The topological polar surface area (TPSA) is 32.3 Å². The van der Waals surface area contributed by atoms with Crippen molar-refractivity contribution in [3.8, 4) is 0 Å². The summed E-state index contributed by atoms with van der Waals surface area (Å²) in [5.74, 6) is 0.850. The fourth-order valence-electron chi connectivity index (χ4n) is 3.08. The maximum Gasteiger partial charge on any atom is 0.0498 e. The molecule has 1 N–H and O–H groups in total. The van der Waals surface area contributed by atoms with Gasteiger partial charge in [-0.05, 0) is 54.7 Å². The van der Waals surface area contributed by atoms with Crippen molar-refractivity contribution in [3.63, 3.8) is 0 Å². The summed E-state index contributed by atoms with van der Waals surface area (Å²) >= 11 is 0. The minimum absolute atomic E-state index is 0.775. The Morgan fingerprint density at radius 1 is 1.12 bits per heavy atom. The molecule has 1 aliphatic heterocycles. The van der Waals surface area contributed by atoms with E-state index >= 15 is 0 Å². The van der Waals surface area contributed by atoms with Crippen molar-refractivity contribution in [2.45, 2.75) is 31.2 Å². The highest BCUT2D eigenvalue weighted by molar-refractivity contribution is 7.84. The van der Waals surface area contributed by atoms with Crippen LogP contribution in [0.4, 0.5) is 11.4 Å². The SMILES string of the molecule is CC1CCN(c2cccc(NCc3ccc([S@@](C)=O)cc3)c2)CC1. The van der Waals surface area contributed by atoms with Gasteiger partial charge in [0, 0.05) is 53.0 Å². The van der Waals surface area contributed by atoms with Crippen LogP contribution in [0.25, 0.3) is 0 Å².